The molecule has 0 amide bonds. The second kappa shape index (κ2) is 7.33. The highest BCUT2D eigenvalue weighted by molar-refractivity contribution is 5.71. The molecule has 0 aliphatic rings. The molecule has 0 saturated carbocycles. The van der Waals surface area contributed by atoms with Crippen LogP contribution in [0.25, 0.3) is 11.0 Å². The minimum Gasteiger partial charge on any atom is -1.00 e. The molecule has 4 aromatic rings. The Kier molecular flexibility index (Phi) is 4.97. The van der Waals surface area contributed by atoms with E-state index >= 15 is 0 Å². The summed E-state index contributed by atoms with van der Waals surface area (Å²) in [5, 5.41) is 0. The predicted molar refractivity (Wildman–Crippen MR) is 93.2 cm³/mol. The molecule has 0 bridgehead atoms. The van der Waals surface area contributed by atoms with E-state index in [-0.39, 0.29) is 12.4 Å². The minimum atomic E-state index is 0. The van der Waals surface area contributed by atoms with Gasteiger partial charge < -0.3 is 12.4 Å². The summed E-state index contributed by atoms with van der Waals surface area (Å²) < 4.78 is 4.65. The zero-order valence-electron chi connectivity index (χ0n) is 13.3. The topological polar surface area (TPSA) is 8.81 Å². The SMILES string of the molecule is [Cl-].c1ccc(Cn2c[n+](Cc3ccccc3)c3ccccc32)cc1. The third kappa shape index (κ3) is 3.34. The first-order valence-electron chi connectivity index (χ1n) is 7.95. The number of imidazole rings is 1. The molecule has 4 rings (SSSR count). The van der Waals surface area contributed by atoms with Crippen LogP contribution >= 0.6 is 0 Å². The Morgan fingerprint density at radius 1 is 0.667 bits per heavy atom. The van der Waals surface area contributed by atoms with E-state index in [4.69, 9.17) is 0 Å². The molecular weight excluding hydrogens is 316 g/mol. The maximum absolute atomic E-state index is 2.33. The van der Waals surface area contributed by atoms with Crippen molar-refractivity contribution in [2.75, 3.05) is 0 Å². The van der Waals surface area contributed by atoms with E-state index in [9.17, 15) is 0 Å². The number of nitrogens with zero attached hydrogens (tertiary/aromatic N) is 2. The van der Waals surface area contributed by atoms with Gasteiger partial charge in [0.25, 0.3) is 0 Å². The second-order valence-electron chi connectivity index (χ2n) is 5.83. The van der Waals surface area contributed by atoms with Crippen molar-refractivity contribution in [1.82, 2.24) is 4.57 Å². The molecule has 0 saturated heterocycles. The van der Waals surface area contributed by atoms with E-state index in [1.54, 1.807) is 0 Å². The van der Waals surface area contributed by atoms with Crippen molar-refractivity contribution >= 4 is 11.0 Å². The van der Waals surface area contributed by atoms with Gasteiger partial charge in [-0.1, -0.05) is 72.8 Å². The highest BCUT2D eigenvalue weighted by Gasteiger charge is 2.15. The van der Waals surface area contributed by atoms with Crippen molar-refractivity contribution in [1.29, 1.82) is 0 Å². The number of aromatic nitrogens is 2. The Labute approximate surface area is 148 Å². The molecule has 24 heavy (non-hydrogen) atoms. The maximum Gasteiger partial charge on any atom is 0.245 e. The normalized spacial score (nSPS) is 10.5. The number of fused-ring (bicyclic) bond motifs is 1. The minimum absolute atomic E-state index is 0. The Morgan fingerprint density at radius 3 is 1.96 bits per heavy atom. The zero-order chi connectivity index (χ0) is 15.5. The molecule has 3 heteroatoms. The van der Waals surface area contributed by atoms with Crippen LogP contribution in [0.5, 0.6) is 0 Å². The van der Waals surface area contributed by atoms with Gasteiger partial charge in [-0.05, 0) is 23.3 Å². The molecule has 2 nitrogen and oxygen atoms in total. The molecule has 0 unspecified atom stereocenters. The van der Waals surface area contributed by atoms with Gasteiger partial charge in [-0.25, -0.2) is 9.13 Å². The molecule has 0 atom stereocenters. The highest BCUT2D eigenvalue weighted by atomic mass is 35.5. The van der Waals surface area contributed by atoms with E-state index < -0.39 is 0 Å². The molecule has 0 aliphatic heterocycles. The lowest BCUT2D eigenvalue weighted by Gasteiger charge is -1.98. The Hall–Kier alpha value is -2.58. The van der Waals surface area contributed by atoms with Gasteiger partial charge >= 0.3 is 0 Å². The fourth-order valence-electron chi connectivity index (χ4n) is 3.05. The van der Waals surface area contributed by atoms with Gasteiger partial charge in [0, 0.05) is 0 Å². The van der Waals surface area contributed by atoms with Crippen LogP contribution in [0, 0.1) is 0 Å². The van der Waals surface area contributed by atoms with E-state index in [0.29, 0.717) is 0 Å². The van der Waals surface area contributed by atoms with Crippen LogP contribution in [0.4, 0.5) is 0 Å². The summed E-state index contributed by atoms with van der Waals surface area (Å²) in [6.07, 6.45) is 2.23. The Bertz CT molecular complexity index is 839. The van der Waals surface area contributed by atoms with Gasteiger partial charge in [-0.15, -0.1) is 0 Å². The smallest absolute Gasteiger partial charge is 0.245 e. The maximum atomic E-state index is 2.33. The number of hydrogen-bond donors (Lipinski definition) is 0. The lowest BCUT2D eigenvalue weighted by Crippen LogP contribution is -3.00. The van der Waals surface area contributed by atoms with Crippen LogP contribution in [0.3, 0.4) is 0 Å². The molecule has 0 radical (unpaired) electrons. The van der Waals surface area contributed by atoms with Gasteiger partial charge in [0.2, 0.25) is 6.33 Å². The molecule has 120 valence electrons. The molecule has 1 heterocycles. The lowest BCUT2D eigenvalue weighted by molar-refractivity contribution is -0.663. The zero-order valence-corrected chi connectivity index (χ0v) is 14.1. The fourth-order valence-corrected chi connectivity index (χ4v) is 3.05. The van der Waals surface area contributed by atoms with Gasteiger partial charge in [0.1, 0.15) is 13.1 Å². The molecule has 0 spiro atoms. The Morgan fingerprint density at radius 2 is 1.25 bits per heavy atom. The first-order chi connectivity index (χ1) is 11.4. The summed E-state index contributed by atoms with van der Waals surface area (Å²) >= 11 is 0. The number of para-hydroxylation sites is 2. The average Bonchev–Trinajstić information content (AvgIpc) is 2.95. The summed E-state index contributed by atoms with van der Waals surface area (Å²) in [5.41, 5.74) is 5.18. The van der Waals surface area contributed by atoms with Crippen LogP contribution in [0.2, 0.25) is 0 Å². The van der Waals surface area contributed by atoms with Crippen LogP contribution in [-0.2, 0) is 13.1 Å². The van der Waals surface area contributed by atoms with Gasteiger partial charge in [-0.2, -0.15) is 0 Å². The summed E-state index contributed by atoms with van der Waals surface area (Å²) in [6, 6.07) is 29.8. The third-order valence-electron chi connectivity index (χ3n) is 4.17. The standard InChI is InChI=1S/C21H19N2.ClH/c1-3-9-18(10-4-1)15-22-17-23(16-19-11-5-2-6-12-19)21-14-8-7-13-20(21)22;/h1-14,17H,15-16H2;1H/q+1;/p-1. The third-order valence-corrected chi connectivity index (χ3v) is 4.17. The Balaban J connectivity index is 0.00000169. The van der Waals surface area contributed by atoms with Crippen molar-refractivity contribution in [2.45, 2.75) is 13.1 Å². The number of rotatable bonds is 4. The molecule has 3 aromatic carbocycles. The van der Waals surface area contributed by atoms with E-state index in [1.807, 2.05) is 0 Å². The van der Waals surface area contributed by atoms with Crippen molar-refractivity contribution in [2.24, 2.45) is 0 Å². The molecule has 0 fully saturated rings. The summed E-state index contributed by atoms with van der Waals surface area (Å²) in [7, 11) is 0. The van der Waals surface area contributed by atoms with Gasteiger partial charge in [0.05, 0.1) is 0 Å². The first-order valence-corrected chi connectivity index (χ1v) is 7.95. The van der Waals surface area contributed by atoms with E-state index in [1.165, 1.54) is 22.2 Å². The number of halogens is 1. The van der Waals surface area contributed by atoms with Crippen molar-refractivity contribution in [3.63, 3.8) is 0 Å². The lowest BCUT2D eigenvalue weighted by atomic mass is 10.2. The monoisotopic (exact) mass is 334 g/mol. The van der Waals surface area contributed by atoms with Gasteiger partial charge in [-0.3, -0.25) is 0 Å². The largest absolute Gasteiger partial charge is 1.00 e. The highest BCUT2D eigenvalue weighted by Crippen LogP contribution is 2.14. The van der Waals surface area contributed by atoms with Crippen LogP contribution in [0.15, 0.2) is 91.3 Å². The summed E-state index contributed by atoms with van der Waals surface area (Å²) in [4.78, 5) is 0. The summed E-state index contributed by atoms with van der Waals surface area (Å²) in [6.45, 7) is 1.78. The molecule has 0 aliphatic carbocycles. The molecular formula is C21H19ClN2. The van der Waals surface area contributed by atoms with Crippen molar-refractivity contribution < 1.29 is 17.0 Å². The number of benzene rings is 3. The molecule has 1 aromatic heterocycles. The second-order valence-corrected chi connectivity index (χ2v) is 5.83. The first kappa shape index (κ1) is 16.3. The fraction of sp³-hybridized carbons (Fsp3) is 0.0952. The van der Waals surface area contributed by atoms with Gasteiger partial charge in [0.15, 0.2) is 11.0 Å². The predicted octanol–water partition coefficient (Wildman–Crippen LogP) is 1.03. The quantitative estimate of drug-likeness (QED) is 0.493. The average molecular weight is 335 g/mol. The van der Waals surface area contributed by atoms with Crippen LogP contribution in [-0.4, -0.2) is 4.57 Å². The van der Waals surface area contributed by atoms with E-state index in [2.05, 4.69) is 100 Å². The van der Waals surface area contributed by atoms with Crippen LogP contribution in [0.1, 0.15) is 11.1 Å². The van der Waals surface area contributed by atoms with Crippen molar-refractivity contribution in [3.8, 4) is 0 Å². The van der Waals surface area contributed by atoms with Crippen molar-refractivity contribution in [3.05, 3.63) is 102 Å². The molecule has 0 N–H and O–H groups in total. The number of hydrogen-bond acceptors (Lipinski definition) is 0. The summed E-state index contributed by atoms with van der Waals surface area (Å²) in [5.74, 6) is 0. The van der Waals surface area contributed by atoms with E-state index in [0.717, 1.165) is 13.1 Å². The van der Waals surface area contributed by atoms with Crippen LogP contribution < -0.4 is 17.0 Å².